The van der Waals surface area contributed by atoms with Gasteiger partial charge >= 0.3 is 0 Å². The Morgan fingerprint density at radius 2 is 1.44 bits per heavy atom. The maximum Gasteiger partial charge on any atom is 0.244 e. The number of unbranched alkanes of at least 4 members (excludes halogenated alkanes) is 1. The summed E-state index contributed by atoms with van der Waals surface area (Å²) in [6.07, 6.45) is 3.14. The molecule has 0 spiro atoms. The van der Waals surface area contributed by atoms with Gasteiger partial charge in [0.1, 0.15) is 12.6 Å². The summed E-state index contributed by atoms with van der Waals surface area (Å²) in [7, 11) is -3.77. The Bertz CT molecular complexity index is 1320. The Morgan fingerprint density at radius 1 is 0.846 bits per heavy atom. The molecule has 0 aromatic heterocycles. The molecule has 208 valence electrons. The number of anilines is 1. The largest absolute Gasteiger partial charge is 0.354 e. The molecule has 0 bridgehead atoms. The maximum absolute atomic E-state index is 14.0. The molecule has 0 aliphatic heterocycles. The minimum atomic E-state index is -3.77. The van der Waals surface area contributed by atoms with E-state index < -0.39 is 28.5 Å². The van der Waals surface area contributed by atoms with Gasteiger partial charge in [-0.15, -0.1) is 0 Å². The average Bonchev–Trinajstić information content (AvgIpc) is 2.91. The van der Waals surface area contributed by atoms with E-state index in [1.165, 1.54) is 4.90 Å². The van der Waals surface area contributed by atoms with Crippen LogP contribution in [0.5, 0.6) is 0 Å². The van der Waals surface area contributed by atoms with Crippen LogP contribution in [0.2, 0.25) is 0 Å². The Morgan fingerprint density at radius 3 is 2.00 bits per heavy atom. The molecule has 7 nitrogen and oxygen atoms in total. The molecule has 2 amide bonds. The van der Waals surface area contributed by atoms with Crippen LogP contribution >= 0.6 is 0 Å². The minimum absolute atomic E-state index is 0.170. The van der Waals surface area contributed by atoms with Crippen LogP contribution in [0.1, 0.15) is 42.0 Å². The molecule has 3 rings (SSSR count). The zero-order chi connectivity index (χ0) is 28.4. The van der Waals surface area contributed by atoms with Crippen molar-refractivity contribution in [1.29, 1.82) is 0 Å². The molecule has 0 aliphatic carbocycles. The second-order valence-electron chi connectivity index (χ2n) is 9.96. The molecular weight excluding hydrogens is 510 g/mol. The van der Waals surface area contributed by atoms with E-state index >= 15 is 0 Å². The summed E-state index contributed by atoms with van der Waals surface area (Å²) in [6.45, 7) is 6.20. The van der Waals surface area contributed by atoms with Crippen molar-refractivity contribution in [2.75, 3.05) is 23.7 Å². The maximum atomic E-state index is 14.0. The Labute approximate surface area is 232 Å². The van der Waals surface area contributed by atoms with Crippen LogP contribution in [-0.2, 0) is 32.6 Å². The Kier molecular flexibility index (Phi) is 10.7. The highest BCUT2D eigenvalue weighted by Gasteiger charge is 2.32. The van der Waals surface area contributed by atoms with Gasteiger partial charge in [-0.25, -0.2) is 8.42 Å². The number of amides is 2. The normalized spacial score (nSPS) is 12.0. The monoisotopic (exact) mass is 549 g/mol. The van der Waals surface area contributed by atoms with E-state index in [4.69, 9.17) is 0 Å². The highest BCUT2D eigenvalue weighted by Crippen LogP contribution is 2.21. The highest BCUT2D eigenvalue weighted by atomic mass is 32.2. The van der Waals surface area contributed by atoms with E-state index in [-0.39, 0.29) is 12.5 Å². The quantitative estimate of drug-likeness (QED) is 0.315. The van der Waals surface area contributed by atoms with Crippen molar-refractivity contribution in [3.05, 3.63) is 101 Å². The van der Waals surface area contributed by atoms with Crippen LogP contribution in [-0.4, -0.2) is 50.5 Å². The number of hydrogen-bond acceptors (Lipinski definition) is 4. The molecule has 0 radical (unpaired) electrons. The van der Waals surface area contributed by atoms with Gasteiger partial charge in [-0.3, -0.25) is 13.9 Å². The molecule has 0 saturated carbocycles. The summed E-state index contributed by atoms with van der Waals surface area (Å²) in [5.41, 5.74) is 4.23. The third-order valence-corrected chi connectivity index (χ3v) is 7.72. The van der Waals surface area contributed by atoms with Gasteiger partial charge in [0.15, 0.2) is 0 Å². The fourth-order valence-corrected chi connectivity index (χ4v) is 5.12. The average molecular weight is 550 g/mol. The molecule has 3 aromatic carbocycles. The molecule has 8 heteroatoms. The standard InChI is InChI=1S/C31H39N3O4S/c1-5-6-20-32-31(36)29(21-26-10-8-7-9-11-26)33(22-27-16-12-24(2)13-17-27)30(35)23-34(39(4,37)38)28-18-14-25(3)15-19-28/h7-19,29H,5-6,20-23H2,1-4H3,(H,32,36). The van der Waals surface area contributed by atoms with Crippen molar-refractivity contribution in [3.8, 4) is 0 Å². The third kappa shape index (κ3) is 8.96. The number of nitrogens with zero attached hydrogens (tertiary/aromatic N) is 2. The molecule has 1 atom stereocenters. The highest BCUT2D eigenvalue weighted by molar-refractivity contribution is 7.92. The van der Waals surface area contributed by atoms with E-state index in [9.17, 15) is 18.0 Å². The molecule has 0 fully saturated rings. The summed E-state index contributed by atoms with van der Waals surface area (Å²) < 4.78 is 26.7. The minimum Gasteiger partial charge on any atom is -0.354 e. The number of carbonyl (C=O) groups is 2. The van der Waals surface area contributed by atoms with Gasteiger partial charge in [0.05, 0.1) is 11.9 Å². The summed E-state index contributed by atoms with van der Waals surface area (Å²) in [6, 6.07) is 23.5. The lowest BCUT2D eigenvalue weighted by Gasteiger charge is -2.33. The summed E-state index contributed by atoms with van der Waals surface area (Å²) in [5, 5.41) is 2.99. The number of rotatable bonds is 13. The van der Waals surface area contributed by atoms with Crippen molar-refractivity contribution in [2.45, 2.75) is 52.6 Å². The summed E-state index contributed by atoms with van der Waals surface area (Å²) in [4.78, 5) is 29.1. The molecule has 0 saturated heterocycles. The fourth-order valence-electron chi connectivity index (χ4n) is 4.28. The van der Waals surface area contributed by atoms with Crippen LogP contribution in [0, 0.1) is 13.8 Å². The van der Waals surface area contributed by atoms with Gasteiger partial charge in [0.2, 0.25) is 21.8 Å². The molecule has 0 heterocycles. The molecule has 3 aromatic rings. The number of sulfonamides is 1. The van der Waals surface area contributed by atoms with Crippen molar-refractivity contribution >= 4 is 27.5 Å². The van der Waals surface area contributed by atoms with Gasteiger partial charge < -0.3 is 10.2 Å². The lowest BCUT2D eigenvalue weighted by molar-refractivity contribution is -0.140. The predicted molar refractivity (Wildman–Crippen MR) is 157 cm³/mol. The van der Waals surface area contributed by atoms with E-state index in [2.05, 4.69) is 5.32 Å². The molecule has 0 aliphatic rings. The Hall–Kier alpha value is -3.65. The fraction of sp³-hybridized carbons (Fsp3) is 0.355. The van der Waals surface area contributed by atoms with Gasteiger partial charge in [-0.05, 0) is 43.5 Å². The molecular formula is C31H39N3O4S. The van der Waals surface area contributed by atoms with Crippen molar-refractivity contribution < 1.29 is 18.0 Å². The lowest BCUT2D eigenvalue weighted by atomic mass is 10.0. The zero-order valence-electron chi connectivity index (χ0n) is 23.3. The first kappa shape index (κ1) is 29.9. The van der Waals surface area contributed by atoms with Crippen molar-refractivity contribution in [1.82, 2.24) is 10.2 Å². The van der Waals surface area contributed by atoms with Crippen molar-refractivity contribution in [3.63, 3.8) is 0 Å². The zero-order valence-corrected chi connectivity index (χ0v) is 24.1. The van der Waals surface area contributed by atoms with Gasteiger partial charge in [0, 0.05) is 19.5 Å². The SMILES string of the molecule is CCCCNC(=O)C(Cc1ccccc1)N(Cc1ccc(C)cc1)C(=O)CN(c1ccc(C)cc1)S(C)(=O)=O. The van der Waals surface area contributed by atoms with E-state index in [0.29, 0.717) is 18.7 Å². The van der Waals surface area contributed by atoms with Gasteiger partial charge in [-0.2, -0.15) is 0 Å². The summed E-state index contributed by atoms with van der Waals surface area (Å²) in [5.74, 6) is -0.706. The Balaban J connectivity index is 2.01. The van der Waals surface area contributed by atoms with Crippen LogP contribution in [0.3, 0.4) is 0 Å². The molecule has 39 heavy (non-hydrogen) atoms. The second-order valence-corrected chi connectivity index (χ2v) is 11.9. The smallest absolute Gasteiger partial charge is 0.244 e. The molecule has 1 unspecified atom stereocenters. The number of benzene rings is 3. The van der Waals surface area contributed by atoms with Gasteiger partial charge in [-0.1, -0.05) is 91.2 Å². The first-order chi connectivity index (χ1) is 18.6. The lowest BCUT2D eigenvalue weighted by Crippen LogP contribution is -2.53. The van der Waals surface area contributed by atoms with Crippen molar-refractivity contribution in [2.24, 2.45) is 0 Å². The first-order valence-electron chi connectivity index (χ1n) is 13.3. The number of hydrogen-bond donors (Lipinski definition) is 1. The second kappa shape index (κ2) is 13.9. The third-order valence-electron chi connectivity index (χ3n) is 6.58. The number of carbonyl (C=O) groups excluding carboxylic acids is 2. The van der Waals surface area contributed by atoms with Crippen LogP contribution in [0.25, 0.3) is 0 Å². The summed E-state index contributed by atoms with van der Waals surface area (Å²) >= 11 is 0. The first-order valence-corrected chi connectivity index (χ1v) is 15.1. The van der Waals surface area contributed by atoms with E-state index in [1.807, 2.05) is 75.4 Å². The van der Waals surface area contributed by atoms with Crippen LogP contribution in [0.15, 0.2) is 78.9 Å². The topological polar surface area (TPSA) is 86.8 Å². The molecule has 1 N–H and O–H groups in total. The number of nitrogens with one attached hydrogen (secondary N) is 1. The van der Waals surface area contributed by atoms with Gasteiger partial charge in [0.25, 0.3) is 0 Å². The van der Waals surface area contributed by atoms with E-state index in [1.54, 1.807) is 24.3 Å². The predicted octanol–water partition coefficient (Wildman–Crippen LogP) is 4.63. The van der Waals surface area contributed by atoms with Crippen LogP contribution in [0.4, 0.5) is 5.69 Å². The number of aryl methyl sites for hydroxylation is 2. The van der Waals surface area contributed by atoms with Crippen LogP contribution < -0.4 is 9.62 Å². The van der Waals surface area contributed by atoms with E-state index in [0.717, 1.165) is 45.7 Å².